The third-order valence-electron chi connectivity index (χ3n) is 4.43. The van der Waals surface area contributed by atoms with Gasteiger partial charge in [-0.1, -0.05) is 26.0 Å². The molecule has 0 aromatic heterocycles. The molecule has 0 atom stereocenters. The number of carbonyl (C=O) groups is 1. The lowest BCUT2D eigenvalue weighted by Gasteiger charge is -2.28. The first-order valence-corrected chi connectivity index (χ1v) is 8.22. The Balaban J connectivity index is 0.00000529. The molecule has 1 aromatic carbocycles. The quantitative estimate of drug-likeness (QED) is 0.631. The van der Waals surface area contributed by atoms with Gasteiger partial charge in [-0.2, -0.15) is 0 Å². The maximum Gasteiger partial charge on any atom is 0.227 e. The van der Waals surface area contributed by atoms with Crippen molar-refractivity contribution < 1.29 is 14.3 Å². The van der Waals surface area contributed by atoms with Gasteiger partial charge in [0.05, 0.1) is 12.0 Å². The van der Waals surface area contributed by atoms with Crippen LogP contribution in [0, 0.1) is 12.3 Å². The summed E-state index contributed by atoms with van der Waals surface area (Å²) in [4.78, 5) is 12.5. The first-order valence-electron chi connectivity index (χ1n) is 8.22. The molecule has 1 aromatic rings. The van der Waals surface area contributed by atoms with Gasteiger partial charge in [0.25, 0.3) is 0 Å². The van der Waals surface area contributed by atoms with Crippen LogP contribution >= 0.6 is 12.4 Å². The van der Waals surface area contributed by atoms with E-state index in [1.807, 2.05) is 39.0 Å². The van der Waals surface area contributed by atoms with Crippen molar-refractivity contribution in [2.45, 2.75) is 40.2 Å². The fraction of sp³-hybridized carbons (Fsp3) is 0.611. The number of carbonyl (C=O) groups excluding carboxylic acids is 1. The summed E-state index contributed by atoms with van der Waals surface area (Å²) in [5.74, 6) is 0.794. The standard InChI is InChI=1S/C18H30N2O3.ClH/c1-5-18(6-2,13-19)17(21)20-12-15-8-7-14(3)11-16(15)23-10-9-22-4;/h7-8,11H,5-6,9-10,12-13,19H2,1-4H3,(H,20,21);1H. The number of hydrogen-bond donors (Lipinski definition) is 2. The number of amides is 1. The van der Waals surface area contributed by atoms with Crippen LogP contribution in [0.15, 0.2) is 18.2 Å². The second-order valence-corrected chi connectivity index (χ2v) is 5.83. The Morgan fingerprint density at radius 1 is 1.25 bits per heavy atom. The summed E-state index contributed by atoms with van der Waals surface area (Å²) >= 11 is 0. The molecule has 138 valence electrons. The summed E-state index contributed by atoms with van der Waals surface area (Å²) in [6.45, 7) is 7.82. The molecule has 0 aliphatic carbocycles. The van der Waals surface area contributed by atoms with Gasteiger partial charge in [-0.05, 0) is 31.4 Å². The second-order valence-electron chi connectivity index (χ2n) is 5.83. The van der Waals surface area contributed by atoms with Crippen molar-refractivity contribution in [2.24, 2.45) is 11.1 Å². The smallest absolute Gasteiger partial charge is 0.227 e. The number of methoxy groups -OCH3 is 1. The van der Waals surface area contributed by atoms with Crippen LogP contribution in [0.5, 0.6) is 5.75 Å². The van der Waals surface area contributed by atoms with Crippen molar-refractivity contribution >= 4 is 18.3 Å². The molecule has 0 bridgehead atoms. The molecule has 0 aliphatic heterocycles. The predicted octanol–water partition coefficient (Wildman–Crippen LogP) is 2.82. The highest BCUT2D eigenvalue weighted by atomic mass is 35.5. The summed E-state index contributed by atoms with van der Waals surface area (Å²) in [7, 11) is 1.64. The van der Waals surface area contributed by atoms with Gasteiger partial charge in [-0.15, -0.1) is 12.4 Å². The number of aryl methyl sites for hydroxylation is 1. The van der Waals surface area contributed by atoms with E-state index in [-0.39, 0.29) is 18.3 Å². The van der Waals surface area contributed by atoms with Crippen LogP contribution in [-0.2, 0) is 16.1 Å². The van der Waals surface area contributed by atoms with Crippen molar-refractivity contribution in [2.75, 3.05) is 26.9 Å². The molecule has 0 aliphatic rings. The lowest BCUT2D eigenvalue weighted by Crippen LogP contribution is -2.45. The van der Waals surface area contributed by atoms with E-state index in [9.17, 15) is 4.79 Å². The summed E-state index contributed by atoms with van der Waals surface area (Å²) in [5.41, 5.74) is 7.42. The number of benzene rings is 1. The molecule has 3 N–H and O–H groups in total. The zero-order chi connectivity index (χ0) is 17.3. The maximum absolute atomic E-state index is 12.5. The summed E-state index contributed by atoms with van der Waals surface area (Å²) in [6.07, 6.45) is 1.47. The molecule has 0 spiro atoms. The topological polar surface area (TPSA) is 73.6 Å². The van der Waals surface area contributed by atoms with Crippen LogP contribution < -0.4 is 15.8 Å². The fourth-order valence-corrected chi connectivity index (χ4v) is 2.49. The number of nitrogens with one attached hydrogen (secondary N) is 1. The van der Waals surface area contributed by atoms with E-state index in [1.165, 1.54) is 0 Å². The lowest BCUT2D eigenvalue weighted by molar-refractivity contribution is -0.131. The Kier molecular flexibility index (Phi) is 10.7. The molecular formula is C18H31ClN2O3. The normalized spacial score (nSPS) is 10.9. The van der Waals surface area contributed by atoms with E-state index < -0.39 is 5.41 Å². The Morgan fingerprint density at radius 2 is 1.92 bits per heavy atom. The molecule has 1 rings (SSSR count). The van der Waals surface area contributed by atoms with Crippen LogP contribution in [0.1, 0.15) is 37.8 Å². The minimum Gasteiger partial charge on any atom is -0.491 e. The van der Waals surface area contributed by atoms with E-state index in [2.05, 4.69) is 5.32 Å². The van der Waals surface area contributed by atoms with E-state index in [0.29, 0.717) is 26.3 Å². The summed E-state index contributed by atoms with van der Waals surface area (Å²) in [5, 5.41) is 3.01. The van der Waals surface area contributed by atoms with Gasteiger partial charge in [0.2, 0.25) is 5.91 Å². The molecular weight excluding hydrogens is 328 g/mol. The highest BCUT2D eigenvalue weighted by molar-refractivity contribution is 5.85. The Morgan fingerprint density at radius 3 is 2.46 bits per heavy atom. The Bertz CT molecular complexity index is 497. The molecule has 24 heavy (non-hydrogen) atoms. The molecule has 0 fully saturated rings. The molecule has 0 saturated heterocycles. The van der Waals surface area contributed by atoms with Crippen LogP contribution in [0.4, 0.5) is 0 Å². The maximum atomic E-state index is 12.5. The van der Waals surface area contributed by atoms with Gasteiger partial charge in [0, 0.05) is 25.8 Å². The number of ether oxygens (including phenoxy) is 2. The fourth-order valence-electron chi connectivity index (χ4n) is 2.49. The molecule has 0 radical (unpaired) electrons. The van der Waals surface area contributed by atoms with Crippen molar-refractivity contribution in [1.82, 2.24) is 5.32 Å². The SMILES string of the molecule is CCC(CC)(CN)C(=O)NCc1ccc(C)cc1OCCOC.Cl. The lowest BCUT2D eigenvalue weighted by atomic mass is 9.81. The van der Waals surface area contributed by atoms with Crippen LogP contribution in [0.2, 0.25) is 0 Å². The summed E-state index contributed by atoms with van der Waals surface area (Å²) < 4.78 is 10.8. The van der Waals surface area contributed by atoms with Gasteiger partial charge in [-0.25, -0.2) is 0 Å². The Hall–Kier alpha value is -1.30. The molecule has 5 nitrogen and oxygen atoms in total. The minimum absolute atomic E-state index is 0. The predicted molar refractivity (Wildman–Crippen MR) is 99.7 cm³/mol. The second kappa shape index (κ2) is 11.3. The van der Waals surface area contributed by atoms with Crippen LogP contribution in [-0.4, -0.2) is 32.8 Å². The highest BCUT2D eigenvalue weighted by Crippen LogP contribution is 2.26. The average Bonchev–Trinajstić information content (AvgIpc) is 2.56. The van der Waals surface area contributed by atoms with Crippen LogP contribution in [0.3, 0.4) is 0 Å². The van der Waals surface area contributed by atoms with Crippen molar-refractivity contribution in [1.29, 1.82) is 0 Å². The van der Waals surface area contributed by atoms with E-state index in [1.54, 1.807) is 7.11 Å². The molecule has 1 amide bonds. The van der Waals surface area contributed by atoms with Crippen molar-refractivity contribution in [3.05, 3.63) is 29.3 Å². The average molecular weight is 359 g/mol. The van der Waals surface area contributed by atoms with Gasteiger partial charge in [-0.3, -0.25) is 4.79 Å². The molecule has 6 heteroatoms. The number of halogens is 1. The third-order valence-corrected chi connectivity index (χ3v) is 4.43. The summed E-state index contributed by atoms with van der Waals surface area (Å²) in [6, 6.07) is 5.98. The number of hydrogen-bond acceptors (Lipinski definition) is 4. The van der Waals surface area contributed by atoms with E-state index in [0.717, 1.165) is 29.7 Å². The third kappa shape index (κ3) is 5.96. The molecule has 0 saturated carbocycles. The van der Waals surface area contributed by atoms with E-state index >= 15 is 0 Å². The van der Waals surface area contributed by atoms with Gasteiger partial charge >= 0.3 is 0 Å². The van der Waals surface area contributed by atoms with Crippen molar-refractivity contribution in [3.8, 4) is 5.75 Å². The zero-order valence-corrected chi connectivity index (χ0v) is 16.0. The Labute approximate surface area is 151 Å². The number of nitrogens with two attached hydrogens (primary N) is 1. The van der Waals surface area contributed by atoms with Crippen molar-refractivity contribution in [3.63, 3.8) is 0 Å². The minimum atomic E-state index is -0.484. The van der Waals surface area contributed by atoms with Gasteiger partial charge in [0.15, 0.2) is 0 Å². The first-order chi connectivity index (χ1) is 11.0. The number of rotatable bonds is 10. The van der Waals surface area contributed by atoms with E-state index in [4.69, 9.17) is 15.2 Å². The van der Waals surface area contributed by atoms with Gasteiger partial charge in [0.1, 0.15) is 12.4 Å². The largest absolute Gasteiger partial charge is 0.491 e. The van der Waals surface area contributed by atoms with Crippen LogP contribution in [0.25, 0.3) is 0 Å². The van der Waals surface area contributed by atoms with Gasteiger partial charge < -0.3 is 20.5 Å². The molecule has 0 heterocycles. The zero-order valence-electron chi connectivity index (χ0n) is 15.2. The molecule has 0 unspecified atom stereocenters. The first kappa shape index (κ1) is 22.7. The highest BCUT2D eigenvalue weighted by Gasteiger charge is 2.33. The monoisotopic (exact) mass is 358 g/mol.